The summed E-state index contributed by atoms with van der Waals surface area (Å²) in [5.41, 5.74) is 1.08. The van der Waals surface area contributed by atoms with Crippen molar-refractivity contribution in [3.63, 3.8) is 0 Å². The summed E-state index contributed by atoms with van der Waals surface area (Å²) in [7, 11) is 3.84. The topological polar surface area (TPSA) is 72.4 Å². The van der Waals surface area contributed by atoms with E-state index in [2.05, 4.69) is 41.0 Å². The Labute approximate surface area is 142 Å². The minimum atomic E-state index is 0.0249. The highest BCUT2D eigenvalue weighted by molar-refractivity contribution is 5.47. The Bertz CT molecular complexity index is 707. The van der Waals surface area contributed by atoms with Crippen LogP contribution in [-0.2, 0) is 0 Å². The molecule has 0 bridgehead atoms. The number of ether oxygens (including phenoxy) is 2. The molecule has 2 heterocycles. The van der Waals surface area contributed by atoms with Crippen molar-refractivity contribution in [2.75, 3.05) is 31.1 Å². The van der Waals surface area contributed by atoms with Gasteiger partial charge in [0, 0.05) is 20.0 Å². The van der Waals surface area contributed by atoms with E-state index in [1.807, 2.05) is 37.2 Å². The first kappa shape index (κ1) is 16.3. The van der Waals surface area contributed by atoms with E-state index >= 15 is 0 Å². The van der Waals surface area contributed by atoms with Crippen molar-refractivity contribution < 1.29 is 9.47 Å². The van der Waals surface area contributed by atoms with Crippen molar-refractivity contribution in [1.29, 1.82) is 0 Å². The zero-order chi connectivity index (χ0) is 17.3. The SMILES string of the molecule is CC(C)c1nc(NC(C)c2ccc3c(c2)OCO3)nc(N(C)C)n1. The van der Waals surface area contributed by atoms with Crippen LogP contribution in [-0.4, -0.2) is 35.8 Å². The minimum Gasteiger partial charge on any atom is -0.454 e. The van der Waals surface area contributed by atoms with Crippen molar-refractivity contribution in [1.82, 2.24) is 15.0 Å². The fraction of sp³-hybridized carbons (Fsp3) is 0.471. The van der Waals surface area contributed by atoms with Crippen LogP contribution in [0, 0.1) is 0 Å². The van der Waals surface area contributed by atoms with Gasteiger partial charge >= 0.3 is 0 Å². The molecule has 24 heavy (non-hydrogen) atoms. The third kappa shape index (κ3) is 3.34. The molecule has 1 aromatic carbocycles. The number of hydrogen-bond donors (Lipinski definition) is 1. The molecular weight excluding hydrogens is 306 g/mol. The molecule has 1 unspecified atom stereocenters. The summed E-state index contributed by atoms with van der Waals surface area (Å²) in [5, 5.41) is 3.35. The first-order chi connectivity index (χ1) is 11.4. The van der Waals surface area contributed by atoms with Crippen LogP contribution in [0.1, 0.15) is 44.1 Å². The monoisotopic (exact) mass is 329 g/mol. The van der Waals surface area contributed by atoms with Crippen LogP contribution in [0.25, 0.3) is 0 Å². The Hall–Kier alpha value is -2.57. The van der Waals surface area contributed by atoms with Crippen molar-refractivity contribution in [3.05, 3.63) is 29.6 Å². The molecule has 3 rings (SSSR count). The summed E-state index contributed by atoms with van der Waals surface area (Å²) in [6, 6.07) is 5.95. The standard InChI is InChI=1S/C17H23N5O2/c1-10(2)15-19-16(21-17(20-15)22(4)5)18-11(3)12-6-7-13-14(8-12)24-9-23-13/h6-8,10-11H,9H2,1-5H3,(H,18,19,20,21). The van der Waals surface area contributed by atoms with E-state index < -0.39 is 0 Å². The highest BCUT2D eigenvalue weighted by atomic mass is 16.7. The van der Waals surface area contributed by atoms with E-state index in [1.54, 1.807) is 0 Å². The molecule has 0 amide bonds. The van der Waals surface area contributed by atoms with Gasteiger partial charge in [0.1, 0.15) is 5.82 Å². The molecule has 7 heteroatoms. The number of nitrogens with zero attached hydrogens (tertiary/aromatic N) is 4. The van der Waals surface area contributed by atoms with Crippen LogP contribution in [0.3, 0.4) is 0 Å². The van der Waals surface area contributed by atoms with Gasteiger partial charge in [-0.2, -0.15) is 15.0 Å². The highest BCUT2D eigenvalue weighted by Gasteiger charge is 2.17. The van der Waals surface area contributed by atoms with E-state index in [4.69, 9.17) is 9.47 Å². The summed E-state index contributed by atoms with van der Waals surface area (Å²) in [6.45, 7) is 6.48. The van der Waals surface area contributed by atoms with Gasteiger partial charge in [0.15, 0.2) is 11.5 Å². The molecule has 0 spiro atoms. The highest BCUT2D eigenvalue weighted by Crippen LogP contribution is 2.34. The van der Waals surface area contributed by atoms with Crippen LogP contribution in [0.4, 0.5) is 11.9 Å². The Kier molecular flexibility index (Phi) is 4.42. The van der Waals surface area contributed by atoms with Gasteiger partial charge in [-0.3, -0.25) is 0 Å². The van der Waals surface area contributed by atoms with E-state index in [-0.39, 0.29) is 18.8 Å². The summed E-state index contributed by atoms with van der Waals surface area (Å²) in [4.78, 5) is 15.4. The Morgan fingerprint density at radius 3 is 2.50 bits per heavy atom. The Balaban J connectivity index is 1.84. The van der Waals surface area contributed by atoms with Crippen molar-refractivity contribution >= 4 is 11.9 Å². The third-order valence-corrected chi connectivity index (χ3v) is 3.80. The third-order valence-electron chi connectivity index (χ3n) is 3.80. The zero-order valence-corrected chi connectivity index (χ0v) is 14.7. The molecule has 1 aliphatic heterocycles. The number of aromatic nitrogens is 3. The lowest BCUT2D eigenvalue weighted by atomic mass is 10.1. The maximum atomic E-state index is 5.44. The fourth-order valence-electron chi connectivity index (χ4n) is 2.36. The van der Waals surface area contributed by atoms with Crippen LogP contribution in [0.2, 0.25) is 0 Å². The first-order valence-electron chi connectivity index (χ1n) is 8.03. The van der Waals surface area contributed by atoms with Crippen LogP contribution in [0.15, 0.2) is 18.2 Å². The van der Waals surface area contributed by atoms with Crippen LogP contribution in [0.5, 0.6) is 11.5 Å². The fourth-order valence-corrected chi connectivity index (χ4v) is 2.36. The smallest absolute Gasteiger partial charge is 0.231 e. The molecular formula is C17H23N5O2. The van der Waals surface area contributed by atoms with E-state index in [0.29, 0.717) is 11.9 Å². The number of nitrogens with one attached hydrogen (secondary N) is 1. The van der Waals surface area contributed by atoms with E-state index in [0.717, 1.165) is 22.9 Å². The van der Waals surface area contributed by atoms with Gasteiger partial charge in [-0.15, -0.1) is 0 Å². The maximum Gasteiger partial charge on any atom is 0.231 e. The van der Waals surface area contributed by atoms with Crippen LogP contribution < -0.4 is 19.7 Å². The van der Waals surface area contributed by atoms with Gasteiger partial charge in [0.25, 0.3) is 0 Å². The predicted molar refractivity (Wildman–Crippen MR) is 92.8 cm³/mol. The Morgan fingerprint density at radius 1 is 1.04 bits per heavy atom. The lowest BCUT2D eigenvalue weighted by Crippen LogP contribution is -2.18. The normalized spacial score (nSPS) is 13.9. The van der Waals surface area contributed by atoms with Crippen LogP contribution >= 0.6 is 0 Å². The molecule has 1 atom stereocenters. The van der Waals surface area contributed by atoms with Crippen molar-refractivity contribution in [3.8, 4) is 11.5 Å². The lowest BCUT2D eigenvalue weighted by Gasteiger charge is -2.18. The average Bonchev–Trinajstić information content (AvgIpc) is 3.01. The molecule has 1 aliphatic rings. The molecule has 1 aromatic heterocycles. The van der Waals surface area contributed by atoms with Gasteiger partial charge < -0.3 is 19.7 Å². The lowest BCUT2D eigenvalue weighted by molar-refractivity contribution is 0.174. The minimum absolute atomic E-state index is 0.0249. The summed E-state index contributed by atoms with van der Waals surface area (Å²) < 4.78 is 10.8. The van der Waals surface area contributed by atoms with E-state index in [9.17, 15) is 0 Å². The quantitative estimate of drug-likeness (QED) is 0.904. The number of anilines is 2. The summed E-state index contributed by atoms with van der Waals surface area (Å²) in [6.07, 6.45) is 0. The summed E-state index contributed by atoms with van der Waals surface area (Å²) in [5.74, 6) is 3.77. The number of rotatable bonds is 5. The number of fused-ring (bicyclic) bond motifs is 1. The molecule has 1 N–H and O–H groups in total. The predicted octanol–water partition coefficient (Wildman–Crippen LogP) is 2.96. The second-order valence-electron chi connectivity index (χ2n) is 6.35. The maximum absolute atomic E-state index is 5.44. The van der Waals surface area contributed by atoms with Crippen molar-refractivity contribution in [2.24, 2.45) is 0 Å². The molecule has 0 saturated carbocycles. The first-order valence-corrected chi connectivity index (χ1v) is 8.03. The molecule has 0 fully saturated rings. The Morgan fingerprint density at radius 2 is 1.79 bits per heavy atom. The molecule has 0 radical (unpaired) electrons. The zero-order valence-electron chi connectivity index (χ0n) is 14.7. The van der Waals surface area contributed by atoms with Gasteiger partial charge in [-0.05, 0) is 24.6 Å². The molecule has 0 saturated heterocycles. The van der Waals surface area contributed by atoms with E-state index in [1.165, 1.54) is 0 Å². The molecule has 2 aromatic rings. The van der Waals surface area contributed by atoms with Crippen molar-refractivity contribution in [2.45, 2.75) is 32.7 Å². The molecule has 0 aliphatic carbocycles. The molecule has 7 nitrogen and oxygen atoms in total. The second kappa shape index (κ2) is 6.51. The van der Waals surface area contributed by atoms with Gasteiger partial charge in [0.05, 0.1) is 6.04 Å². The van der Waals surface area contributed by atoms with Gasteiger partial charge in [0.2, 0.25) is 18.7 Å². The molecule has 128 valence electrons. The van der Waals surface area contributed by atoms with Gasteiger partial charge in [-0.25, -0.2) is 0 Å². The van der Waals surface area contributed by atoms with Gasteiger partial charge in [-0.1, -0.05) is 19.9 Å². The summed E-state index contributed by atoms with van der Waals surface area (Å²) >= 11 is 0. The largest absolute Gasteiger partial charge is 0.454 e. The second-order valence-corrected chi connectivity index (χ2v) is 6.35. The average molecular weight is 329 g/mol. The number of benzene rings is 1. The number of hydrogen-bond acceptors (Lipinski definition) is 7.